The number of aromatic nitrogens is 3. The zero-order valence-corrected chi connectivity index (χ0v) is 15.5. The first-order valence-corrected chi connectivity index (χ1v) is 9.64. The van der Waals surface area contributed by atoms with Crippen LogP contribution in [0.5, 0.6) is 0 Å². The second-order valence-corrected chi connectivity index (χ2v) is 7.68. The molecular weight excluding hydrogens is 380 g/mol. The summed E-state index contributed by atoms with van der Waals surface area (Å²) in [4.78, 5) is 0. The van der Waals surface area contributed by atoms with Gasteiger partial charge in [-0.3, -0.25) is 4.57 Å². The predicted octanol–water partition coefficient (Wildman–Crippen LogP) is 6.02. The molecule has 4 rings (SSSR count). The van der Waals surface area contributed by atoms with Gasteiger partial charge in [-0.25, -0.2) is 4.39 Å². The first-order chi connectivity index (χ1) is 12.1. The van der Waals surface area contributed by atoms with E-state index in [4.69, 9.17) is 23.2 Å². The molecule has 1 aliphatic carbocycles. The van der Waals surface area contributed by atoms with Gasteiger partial charge in [0.15, 0.2) is 11.0 Å². The van der Waals surface area contributed by atoms with E-state index in [1.165, 1.54) is 6.07 Å². The summed E-state index contributed by atoms with van der Waals surface area (Å²) in [5.41, 5.74) is 1.54. The molecule has 128 valence electrons. The van der Waals surface area contributed by atoms with E-state index in [2.05, 4.69) is 14.8 Å². The molecule has 1 aromatic heterocycles. The summed E-state index contributed by atoms with van der Waals surface area (Å²) in [5, 5.41) is 10.4. The maximum Gasteiger partial charge on any atom is 0.192 e. The average molecular weight is 394 g/mol. The lowest BCUT2D eigenvalue weighted by Gasteiger charge is -2.09. The molecule has 0 unspecified atom stereocenters. The molecule has 2 aromatic carbocycles. The zero-order chi connectivity index (χ0) is 17.4. The summed E-state index contributed by atoms with van der Waals surface area (Å²) in [7, 11) is 0. The second kappa shape index (κ2) is 6.98. The van der Waals surface area contributed by atoms with Crippen LogP contribution in [-0.2, 0) is 5.75 Å². The zero-order valence-electron chi connectivity index (χ0n) is 13.1. The number of thioether (sulfide) groups is 1. The van der Waals surface area contributed by atoms with Gasteiger partial charge in [0.05, 0.1) is 15.6 Å². The van der Waals surface area contributed by atoms with Gasteiger partial charge < -0.3 is 0 Å². The van der Waals surface area contributed by atoms with Crippen molar-refractivity contribution in [2.24, 2.45) is 0 Å². The largest absolute Gasteiger partial charge is 0.299 e. The van der Waals surface area contributed by atoms with Gasteiger partial charge in [0.1, 0.15) is 5.82 Å². The minimum absolute atomic E-state index is 0.280. The molecule has 3 aromatic rings. The van der Waals surface area contributed by atoms with Crippen LogP contribution >= 0.6 is 35.0 Å². The summed E-state index contributed by atoms with van der Waals surface area (Å²) in [5.74, 6) is 1.01. The highest BCUT2D eigenvalue weighted by atomic mass is 35.5. The lowest BCUT2D eigenvalue weighted by molar-refractivity contribution is 0.622. The lowest BCUT2D eigenvalue weighted by Crippen LogP contribution is -2.01. The van der Waals surface area contributed by atoms with E-state index in [0.717, 1.165) is 23.6 Å². The summed E-state index contributed by atoms with van der Waals surface area (Å²) < 4.78 is 16.2. The van der Waals surface area contributed by atoms with Crippen LogP contribution in [0, 0.1) is 5.82 Å². The Balaban J connectivity index is 1.62. The van der Waals surface area contributed by atoms with E-state index >= 15 is 0 Å². The summed E-state index contributed by atoms with van der Waals surface area (Å²) in [6, 6.07) is 12.6. The molecule has 0 N–H and O–H groups in total. The third kappa shape index (κ3) is 3.54. The highest BCUT2D eigenvalue weighted by Gasteiger charge is 2.30. The van der Waals surface area contributed by atoms with Crippen molar-refractivity contribution in [1.82, 2.24) is 14.8 Å². The smallest absolute Gasteiger partial charge is 0.192 e. The van der Waals surface area contributed by atoms with Gasteiger partial charge in [-0.2, -0.15) is 0 Å². The quantitative estimate of drug-likeness (QED) is 0.496. The molecule has 1 saturated carbocycles. The number of benzene rings is 2. The second-order valence-electron chi connectivity index (χ2n) is 5.92. The van der Waals surface area contributed by atoms with E-state index in [9.17, 15) is 4.39 Å². The van der Waals surface area contributed by atoms with Crippen LogP contribution in [0.1, 0.15) is 24.4 Å². The van der Waals surface area contributed by atoms with Gasteiger partial charge in [0.25, 0.3) is 0 Å². The van der Waals surface area contributed by atoms with Crippen LogP contribution in [0.2, 0.25) is 10.0 Å². The Morgan fingerprint density at radius 3 is 2.60 bits per heavy atom. The fraction of sp³-hybridized carbons (Fsp3) is 0.222. The van der Waals surface area contributed by atoms with Crippen molar-refractivity contribution >= 4 is 35.0 Å². The molecule has 0 radical (unpaired) electrons. The third-order valence-corrected chi connectivity index (χ3v) is 5.80. The van der Waals surface area contributed by atoms with Crippen LogP contribution in [0.15, 0.2) is 47.6 Å². The molecular formula is C18H14Cl2FN3S. The molecule has 25 heavy (non-hydrogen) atoms. The van der Waals surface area contributed by atoms with Gasteiger partial charge in [0.2, 0.25) is 0 Å². The number of hydrogen-bond donors (Lipinski definition) is 0. The number of nitrogens with zero attached hydrogens (tertiary/aromatic N) is 3. The van der Waals surface area contributed by atoms with E-state index in [1.54, 1.807) is 30.0 Å². The SMILES string of the molecule is Fc1ccccc1-c1nnc(SCc2ccc(Cl)c(Cl)c2)n1C1CC1. The van der Waals surface area contributed by atoms with Crippen molar-refractivity contribution in [3.05, 3.63) is 63.9 Å². The number of halogens is 3. The fourth-order valence-electron chi connectivity index (χ4n) is 2.64. The van der Waals surface area contributed by atoms with E-state index in [-0.39, 0.29) is 5.82 Å². The van der Waals surface area contributed by atoms with Crippen molar-refractivity contribution in [3.8, 4) is 11.4 Å². The molecule has 0 bridgehead atoms. The van der Waals surface area contributed by atoms with Gasteiger partial charge in [0, 0.05) is 11.8 Å². The van der Waals surface area contributed by atoms with E-state index in [1.807, 2.05) is 18.2 Å². The molecule has 0 amide bonds. The van der Waals surface area contributed by atoms with Gasteiger partial charge in [-0.1, -0.05) is 53.2 Å². The molecule has 0 saturated heterocycles. The molecule has 1 heterocycles. The monoisotopic (exact) mass is 393 g/mol. The minimum Gasteiger partial charge on any atom is -0.299 e. The number of rotatable bonds is 5. The molecule has 3 nitrogen and oxygen atoms in total. The first kappa shape index (κ1) is 16.9. The van der Waals surface area contributed by atoms with Gasteiger partial charge in [-0.05, 0) is 42.7 Å². The Kier molecular flexibility index (Phi) is 4.71. The highest BCUT2D eigenvalue weighted by Crippen LogP contribution is 2.42. The predicted molar refractivity (Wildman–Crippen MR) is 99.7 cm³/mol. The van der Waals surface area contributed by atoms with Crippen LogP contribution < -0.4 is 0 Å². The van der Waals surface area contributed by atoms with Crippen LogP contribution in [0.25, 0.3) is 11.4 Å². The van der Waals surface area contributed by atoms with Crippen LogP contribution in [0.3, 0.4) is 0 Å². The summed E-state index contributed by atoms with van der Waals surface area (Å²) in [6.45, 7) is 0. The molecule has 0 spiro atoms. The molecule has 1 fully saturated rings. The average Bonchev–Trinajstić information content (AvgIpc) is 3.36. The maximum atomic E-state index is 14.2. The number of hydrogen-bond acceptors (Lipinski definition) is 3. The molecule has 0 aliphatic heterocycles. The van der Waals surface area contributed by atoms with E-state index in [0.29, 0.717) is 33.2 Å². The first-order valence-electron chi connectivity index (χ1n) is 7.90. The highest BCUT2D eigenvalue weighted by molar-refractivity contribution is 7.98. The standard InChI is InChI=1S/C18H14Cl2FN3S/c19-14-8-5-11(9-15(14)20)10-25-18-23-22-17(24(18)12-6-7-12)13-3-1-2-4-16(13)21/h1-5,8-9,12H,6-7,10H2. The Labute approximate surface area is 159 Å². The van der Waals surface area contributed by atoms with Crippen molar-refractivity contribution < 1.29 is 4.39 Å². The lowest BCUT2D eigenvalue weighted by atomic mass is 10.2. The van der Waals surface area contributed by atoms with Crippen molar-refractivity contribution in [2.45, 2.75) is 29.8 Å². The minimum atomic E-state index is -0.280. The van der Waals surface area contributed by atoms with Crippen molar-refractivity contribution in [3.63, 3.8) is 0 Å². The van der Waals surface area contributed by atoms with Crippen LogP contribution in [-0.4, -0.2) is 14.8 Å². The Bertz CT molecular complexity index is 924. The fourth-order valence-corrected chi connectivity index (χ4v) is 3.91. The topological polar surface area (TPSA) is 30.7 Å². The third-order valence-electron chi connectivity index (χ3n) is 4.04. The summed E-state index contributed by atoms with van der Waals surface area (Å²) in [6.07, 6.45) is 2.14. The van der Waals surface area contributed by atoms with Crippen molar-refractivity contribution in [1.29, 1.82) is 0 Å². The van der Waals surface area contributed by atoms with Gasteiger partial charge in [-0.15, -0.1) is 10.2 Å². The van der Waals surface area contributed by atoms with E-state index < -0.39 is 0 Å². The summed E-state index contributed by atoms with van der Waals surface area (Å²) >= 11 is 13.6. The Morgan fingerprint density at radius 2 is 1.88 bits per heavy atom. The Hall–Kier alpha value is -1.56. The van der Waals surface area contributed by atoms with Gasteiger partial charge >= 0.3 is 0 Å². The molecule has 0 atom stereocenters. The molecule has 7 heteroatoms. The van der Waals surface area contributed by atoms with Crippen LogP contribution in [0.4, 0.5) is 4.39 Å². The normalized spacial score (nSPS) is 14.0. The molecule has 1 aliphatic rings. The Morgan fingerprint density at radius 1 is 1.08 bits per heavy atom. The maximum absolute atomic E-state index is 14.2. The van der Waals surface area contributed by atoms with Crippen molar-refractivity contribution in [2.75, 3.05) is 0 Å².